The number of oxime groups is 1. The molecule has 0 spiro atoms. The molecule has 94 valence electrons. The molecule has 3 heteroatoms. The van der Waals surface area contributed by atoms with Crippen molar-refractivity contribution in [2.75, 3.05) is 6.61 Å². The molecule has 1 rings (SSSR count). The first-order valence-corrected chi connectivity index (χ1v) is 6.11. The monoisotopic (exact) mass is 235 g/mol. The molecule has 0 radical (unpaired) electrons. The third kappa shape index (κ3) is 5.50. The van der Waals surface area contributed by atoms with Crippen LogP contribution >= 0.6 is 0 Å². The van der Waals surface area contributed by atoms with Crippen molar-refractivity contribution in [3.05, 3.63) is 35.9 Å². The van der Waals surface area contributed by atoms with Crippen molar-refractivity contribution in [2.45, 2.75) is 39.9 Å². The molecule has 0 bridgehead atoms. The SMILES string of the molecule is CCCCOC(C)O/N=C(\C)c1ccccc1. The maximum Gasteiger partial charge on any atom is 0.223 e. The van der Waals surface area contributed by atoms with Crippen LogP contribution in [-0.4, -0.2) is 18.6 Å². The number of nitrogens with zero attached hydrogens (tertiary/aromatic N) is 1. The van der Waals surface area contributed by atoms with Crippen molar-refractivity contribution in [3.63, 3.8) is 0 Å². The van der Waals surface area contributed by atoms with E-state index in [1.54, 1.807) is 0 Å². The van der Waals surface area contributed by atoms with Crippen LogP contribution in [0.3, 0.4) is 0 Å². The van der Waals surface area contributed by atoms with E-state index in [1.807, 2.05) is 44.2 Å². The minimum atomic E-state index is -0.291. The van der Waals surface area contributed by atoms with Gasteiger partial charge in [0.1, 0.15) is 0 Å². The summed E-state index contributed by atoms with van der Waals surface area (Å²) in [5.74, 6) is 0. The third-order valence-electron chi connectivity index (χ3n) is 2.38. The molecule has 1 aromatic carbocycles. The van der Waals surface area contributed by atoms with Gasteiger partial charge in [0.2, 0.25) is 6.29 Å². The van der Waals surface area contributed by atoms with Crippen LogP contribution in [0.25, 0.3) is 0 Å². The van der Waals surface area contributed by atoms with Gasteiger partial charge in [0, 0.05) is 6.92 Å². The summed E-state index contributed by atoms with van der Waals surface area (Å²) >= 11 is 0. The predicted molar refractivity (Wildman–Crippen MR) is 70.1 cm³/mol. The van der Waals surface area contributed by atoms with E-state index >= 15 is 0 Å². The summed E-state index contributed by atoms with van der Waals surface area (Å²) in [6.45, 7) is 6.63. The van der Waals surface area contributed by atoms with Crippen LogP contribution in [0.15, 0.2) is 35.5 Å². The summed E-state index contributed by atoms with van der Waals surface area (Å²) in [5, 5.41) is 4.06. The van der Waals surface area contributed by atoms with E-state index in [-0.39, 0.29) is 6.29 Å². The van der Waals surface area contributed by atoms with Crippen LogP contribution in [0, 0.1) is 0 Å². The molecule has 0 aliphatic heterocycles. The molecule has 0 aliphatic carbocycles. The molecular formula is C14H21NO2. The topological polar surface area (TPSA) is 30.8 Å². The second kappa shape index (κ2) is 7.85. The molecule has 0 saturated heterocycles. The Balaban J connectivity index is 2.37. The van der Waals surface area contributed by atoms with Crippen LogP contribution < -0.4 is 0 Å². The molecular weight excluding hydrogens is 214 g/mol. The molecule has 1 atom stereocenters. The minimum absolute atomic E-state index is 0.291. The van der Waals surface area contributed by atoms with Gasteiger partial charge in [-0.3, -0.25) is 0 Å². The highest BCUT2D eigenvalue weighted by molar-refractivity contribution is 5.98. The Bertz CT molecular complexity index is 335. The average molecular weight is 235 g/mol. The Morgan fingerprint density at radius 2 is 2.00 bits per heavy atom. The lowest BCUT2D eigenvalue weighted by Crippen LogP contribution is -2.12. The Morgan fingerprint density at radius 3 is 2.65 bits per heavy atom. The molecule has 0 saturated carbocycles. The number of unbranched alkanes of at least 4 members (excludes halogenated alkanes) is 1. The zero-order valence-electron chi connectivity index (χ0n) is 10.8. The Hall–Kier alpha value is -1.35. The number of hydrogen-bond acceptors (Lipinski definition) is 3. The van der Waals surface area contributed by atoms with E-state index in [4.69, 9.17) is 9.57 Å². The Labute approximate surface area is 103 Å². The van der Waals surface area contributed by atoms with Crippen molar-refractivity contribution in [1.82, 2.24) is 0 Å². The first-order valence-electron chi connectivity index (χ1n) is 6.11. The van der Waals surface area contributed by atoms with Crippen LogP contribution in [0.2, 0.25) is 0 Å². The van der Waals surface area contributed by atoms with Gasteiger partial charge in [-0.25, -0.2) is 0 Å². The van der Waals surface area contributed by atoms with Gasteiger partial charge >= 0.3 is 0 Å². The van der Waals surface area contributed by atoms with Gasteiger partial charge in [-0.2, -0.15) is 0 Å². The highest BCUT2D eigenvalue weighted by Gasteiger charge is 2.02. The van der Waals surface area contributed by atoms with Crippen molar-refractivity contribution < 1.29 is 9.57 Å². The van der Waals surface area contributed by atoms with Gasteiger partial charge < -0.3 is 9.57 Å². The summed E-state index contributed by atoms with van der Waals surface area (Å²) in [7, 11) is 0. The maximum atomic E-state index is 5.44. The molecule has 1 unspecified atom stereocenters. The fraction of sp³-hybridized carbons (Fsp3) is 0.500. The smallest absolute Gasteiger partial charge is 0.223 e. The van der Waals surface area contributed by atoms with Gasteiger partial charge in [0.15, 0.2) is 0 Å². The van der Waals surface area contributed by atoms with Crippen molar-refractivity contribution in [3.8, 4) is 0 Å². The summed E-state index contributed by atoms with van der Waals surface area (Å²) in [4.78, 5) is 5.27. The van der Waals surface area contributed by atoms with E-state index in [0.717, 1.165) is 30.7 Å². The fourth-order valence-electron chi connectivity index (χ4n) is 1.31. The van der Waals surface area contributed by atoms with Gasteiger partial charge in [-0.05, 0) is 18.9 Å². The second-order valence-corrected chi connectivity index (χ2v) is 3.94. The zero-order chi connectivity index (χ0) is 12.5. The highest BCUT2D eigenvalue weighted by Crippen LogP contribution is 2.03. The first kappa shape index (κ1) is 13.7. The van der Waals surface area contributed by atoms with Crippen LogP contribution in [0.5, 0.6) is 0 Å². The third-order valence-corrected chi connectivity index (χ3v) is 2.38. The summed E-state index contributed by atoms with van der Waals surface area (Å²) in [6.07, 6.45) is 1.88. The summed E-state index contributed by atoms with van der Waals surface area (Å²) in [5.41, 5.74) is 1.92. The number of rotatable bonds is 7. The number of hydrogen-bond donors (Lipinski definition) is 0. The molecule has 0 fully saturated rings. The van der Waals surface area contributed by atoms with E-state index in [0.29, 0.717) is 0 Å². The number of benzene rings is 1. The highest BCUT2D eigenvalue weighted by atomic mass is 16.8. The first-order chi connectivity index (χ1) is 8.24. The lowest BCUT2D eigenvalue weighted by atomic mass is 10.1. The largest absolute Gasteiger partial charge is 0.364 e. The number of ether oxygens (including phenoxy) is 1. The van der Waals surface area contributed by atoms with Gasteiger partial charge in [0.05, 0.1) is 12.3 Å². The molecule has 17 heavy (non-hydrogen) atoms. The fourth-order valence-corrected chi connectivity index (χ4v) is 1.31. The average Bonchev–Trinajstić information content (AvgIpc) is 2.37. The lowest BCUT2D eigenvalue weighted by Gasteiger charge is -2.11. The van der Waals surface area contributed by atoms with Crippen molar-refractivity contribution >= 4 is 5.71 Å². The summed E-state index contributed by atoms with van der Waals surface area (Å²) < 4.78 is 5.44. The molecule has 0 N–H and O–H groups in total. The Kier molecular flexibility index (Phi) is 6.33. The Morgan fingerprint density at radius 1 is 1.29 bits per heavy atom. The van der Waals surface area contributed by atoms with E-state index < -0.39 is 0 Å². The van der Waals surface area contributed by atoms with E-state index in [2.05, 4.69) is 12.1 Å². The molecule has 1 aromatic rings. The quantitative estimate of drug-likeness (QED) is 0.313. The standard InChI is InChI=1S/C14H21NO2/c1-4-5-11-16-13(3)17-15-12(2)14-9-7-6-8-10-14/h6-10,13H,4-5,11H2,1-3H3/b15-12+. The summed E-state index contributed by atoms with van der Waals surface area (Å²) in [6, 6.07) is 9.95. The molecule has 0 heterocycles. The predicted octanol–water partition coefficient (Wildman–Crippen LogP) is 3.59. The van der Waals surface area contributed by atoms with Crippen LogP contribution in [0.4, 0.5) is 0 Å². The maximum absolute atomic E-state index is 5.44. The molecule has 3 nitrogen and oxygen atoms in total. The van der Waals surface area contributed by atoms with Crippen LogP contribution in [0.1, 0.15) is 39.2 Å². The van der Waals surface area contributed by atoms with E-state index in [9.17, 15) is 0 Å². The molecule has 0 aromatic heterocycles. The normalized spacial score (nSPS) is 13.5. The van der Waals surface area contributed by atoms with Crippen LogP contribution in [-0.2, 0) is 9.57 Å². The van der Waals surface area contributed by atoms with Gasteiger partial charge in [-0.1, -0.05) is 48.8 Å². The van der Waals surface area contributed by atoms with Gasteiger partial charge in [0.25, 0.3) is 0 Å². The van der Waals surface area contributed by atoms with Crippen molar-refractivity contribution in [1.29, 1.82) is 0 Å². The molecule has 0 aliphatic rings. The second-order valence-electron chi connectivity index (χ2n) is 3.94. The molecule has 0 amide bonds. The van der Waals surface area contributed by atoms with E-state index in [1.165, 1.54) is 0 Å². The zero-order valence-corrected chi connectivity index (χ0v) is 10.8. The minimum Gasteiger partial charge on any atom is -0.364 e. The van der Waals surface area contributed by atoms with Crippen molar-refractivity contribution in [2.24, 2.45) is 5.16 Å². The van der Waals surface area contributed by atoms with Gasteiger partial charge in [-0.15, -0.1) is 0 Å². The lowest BCUT2D eigenvalue weighted by molar-refractivity contribution is -0.130.